The van der Waals surface area contributed by atoms with Gasteiger partial charge >= 0.3 is 0 Å². The molecule has 0 aliphatic carbocycles. The largest absolute Gasteiger partial charge is 0.397 e. The highest BCUT2D eigenvalue weighted by molar-refractivity contribution is 5.67. The van der Waals surface area contributed by atoms with E-state index in [0.717, 1.165) is 24.5 Å². The van der Waals surface area contributed by atoms with Crippen molar-refractivity contribution in [1.29, 1.82) is 0 Å². The van der Waals surface area contributed by atoms with Crippen LogP contribution in [-0.4, -0.2) is 39.0 Å². The Kier molecular flexibility index (Phi) is 3.86. The predicted molar refractivity (Wildman–Crippen MR) is 69.3 cm³/mol. The molecule has 4 heteroatoms. The number of methoxy groups -OCH3 is 1. The number of para-hydroxylation sites is 2. The molecule has 1 heterocycles. The zero-order chi connectivity index (χ0) is 12.3. The Balaban J connectivity index is 2.12. The number of nitrogens with two attached hydrogens (primary N) is 1. The summed E-state index contributed by atoms with van der Waals surface area (Å²) in [5.74, 6) is 0. The Labute approximate surface area is 102 Å². The normalized spacial score (nSPS) is 24.2. The molecule has 1 aromatic carbocycles. The molecule has 0 amide bonds. The minimum Gasteiger partial charge on any atom is -0.397 e. The van der Waals surface area contributed by atoms with Crippen LogP contribution >= 0.6 is 0 Å². The molecule has 2 rings (SSSR count). The molecule has 1 aliphatic rings. The van der Waals surface area contributed by atoms with Gasteiger partial charge in [-0.25, -0.2) is 0 Å². The lowest BCUT2D eigenvalue weighted by atomic mass is 10.2. The van der Waals surface area contributed by atoms with Crippen molar-refractivity contribution in [2.75, 3.05) is 37.4 Å². The van der Waals surface area contributed by atoms with Crippen molar-refractivity contribution in [3.63, 3.8) is 0 Å². The molecule has 1 aliphatic heterocycles. The second-order valence-electron chi connectivity index (χ2n) is 4.23. The molecule has 0 aromatic heterocycles. The molecule has 0 unspecified atom stereocenters. The van der Waals surface area contributed by atoms with Crippen molar-refractivity contribution >= 4 is 11.4 Å². The third-order valence-electron chi connectivity index (χ3n) is 3.18. The standard InChI is InChI=1S/C13H20N2O2/c1-3-17-13-9-15(8-12(13)16-2)11-7-5-4-6-10(11)14/h4-7,12-13H,3,8-9,14H2,1-2H3/t12-,13+/m0/s1. The molecule has 1 saturated heterocycles. The van der Waals surface area contributed by atoms with E-state index in [4.69, 9.17) is 15.2 Å². The van der Waals surface area contributed by atoms with Gasteiger partial charge in [0.25, 0.3) is 0 Å². The summed E-state index contributed by atoms with van der Waals surface area (Å²) in [5, 5.41) is 0. The first-order valence-corrected chi connectivity index (χ1v) is 6.00. The Hall–Kier alpha value is -1.26. The molecule has 0 radical (unpaired) electrons. The molecule has 0 bridgehead atoms. The molecule has 0 spiro atoms. The molecule has 2 N–H and O–H groups in total. The van der Waals surface area contributed by atoms with Crippen molar-refractivity contribution in [2.45, 2.75) is 19.1 Å². The smallest absolute Gasteiger partial charge is 0.103 e. The third-order valence-corrected chi connectivity index (χ3v) is 3.18. The fourth-order valence-electron chi connectivity index (χ4n) is 2.32. The van der Waals surface area contributed by atoms with Crippen LogP contribution in [0.4, 0.5) is 11.4 Å². The molecule has 17 heavy (non-hydrogen) atoms. The van der Waals surface area contributed by atoms with Crippen LogP contribution < -0.4 is 10.6 Å². The first-order chi connectivity index (χ1) is 8.26. The maximum absolute atomic E-state index is 5.98. The number of nitrogens with zero attached hydrogens (tertiary/aromatic N) is 1. The summed E-state index contributed by atoms with van der Waals surface area (Å²) in [7, 11) is 1.73. The van der Waals surface area contributed by atoms with Gasteiger partial charge in [0.05, 0.1) is 11.4 Å². The van der Waals surface area contributed by atoms with E-state index in [1.807, 2.05) is 31.2 Å². The molecule has 1 aromatic rings. The molecular formula is C13H20N2O2. The van der Waals surface area contributed by atoms with E-state index in [2.05, 4.69) is 4.90 Å². The van der Waals surface area contributed by atoms with Gasteiger partial charge in [-0.15, -0.1) is 0 Å². The van der Waals surface area contributed by atoms with Gasteiger partial charge in [-0.2, -0.15) is 0 Å². The van der Waals surface area contributed by atoms with E-state index in [9.17, 15) is 0 Å². The Morgan fingerprint density at radius 2 is 2.00 bits per heavy atom. The Bertz CT molecular complexity index is 370. The van der Waals surface area contributed by atoms with Crippen LogP contribution in [0.25, 0.3) is 0 Å². The highest BCUT2D eigenvalue weighted by atomic mass is 16.5. The van der Waals surface area contributed by atoms with Gasteiger partial charge in [-0.3, -0.25) is 0 Å². The molecular weight excluding hydrogens is 216 g/mol. The zero-order valence-corrected chi connectivity index (χ0v) is 10.4. The average Bonchev–Trinajstić information content (AvgIpc) is 2.73. The summed E-state index contributed by atoms with van der Waals surface area (Å²) in [5.41, 5.74) is 7.85. The second kappa shape index (κ2) is 5.38. The maximum atomic E-state index is 5.98. The van der Waals surface area contributed by atoms with Crippen molar-refractivity contribution in [3.05, 3.63) is 24.3 Å². The van der Waals surface area contributed by atoms with Crippen molar-refractivity contribution in [3.8, 4) is 0 Å². The fraction of sp³-hybridized carbons (Fsp3) is 0.538. The molecule has 4 nitrogen and oxygen atoms in total. The van der Waals surface area contributed by atoms with E-state index in [1.54, 1.807) is 7.11 Å². The first-order valence-electron chi connectivity index (χ1n) is 6.00. The van der Waals surface area contributed by atoms with Gasteiger partial charge < -0.3 is 20.1 Å². The monoisotopic (exact) mass is 236 g/mol. The second-order valence-corrected chi connectivity index (χ2v) is 4.23. The van der Waals surface area contributed by atoms with Crippen LogP contribution in [0.1, 0.15) is 6.92 Å². The van der Waals surface area contributed by atoms with Crippen LogP contribution in [0, 0.1) is 0 Å². The molecule has 0 saturated carbocycles. The number of rotatable bonds is 4. The quantitative estimate of drug-likeness (QED) is 0.805. The van der Waals surface area contributed by atoms with Crippen molar-refractivity contribution in [2.24, 2.45) is 0 Å². The third kappa shape index (κ3) is 2.53. The minimum atomic E-state index is 0.120. The number of hydrogen-bond acceptors (Lipinski definition) is 4. The lowest BCUT2D eigenvalue weighted by molar-refractivity contribution is -0.0232. The zero-order valence-electron chi connectivity index (χ0n) is 10.4. The van der Waals surface area contributed by atoms with E-state index in [0.29, 0.717) is 6.61 Å². The predicted octanol–water partition coefficient (Wildman–Crippen LogP) is 1.51. The van der Waals surface area contributed by atoms with Crippen LogP contribution in [0.15, 0.2) is 24.3 Å². The van der Waals surface area contributed by atoms with Gasteiger partial charge in [0.1, 0.15) is 12.2 Å². The van der Waals surface area contributed by atoms with Crippen LogP contribution in [0.2, 0.25) is 0 Å². The summed E-state index contributed by atoms with van der Waals surface area (Å²) >= 11 is 0. The topological polar surface area (TPSA) is 47.7 Å². The Morgan fingerprint density at radius 3 is 2.65 bits per heavy atom. The van der Waals surface area contributed by atoms with Gasteiger partial charge in [0, 0.05) is 26.8 Å². The minimum absolute atomic E-state index is 0.120. The highest BCUT2D eigenvalue weighted by Crippen LogP contribution is 2.28. The first kappa shape index (κ1) is 12.2. The molecule has 2 atom stereocenters. The number of ether oxygens (including phenoxy) is 2. The summed E-state index contributed by atoms with van der Waals surface area (Å²) in [6.07, 6.45) is 0.249. The van der Waals surface area contributed by atoms with E-state index < -0.39 is 0 Å². The molecule has 94 valence electrons. The number of anilines is 2. The summed E-state index contributed by atoms with van der Waals surface area (Å²) in [6.45, 7) is 4.38. The van der Waals surface area contributed by atoms with Crippen molar-refractivity contribution < 1.29 is 9.47 Å². The van der Waals surface area contributed by atoms with Crippen molar-refractivity contribution in [1.82, 2.24) is 0 Å². The number of hydrogen-bond donors (Lipinski definition) is 1. The van der Waals surface area contributed by atoms with Crippen LogP contribution in [0.5, 0.6) is 0 Å². The SMILES string of the molecule is CCO[C@@H]1CN(c2ccccc2N)C[C@@H]1OC. The van der Waals surface area contributed by atoms with E-state index in [1.165, 1.54) is 0 Å². The van der Waals surface area contributed by atoms with Gasteiger partial charge in [0.15, 0.2) is 0 Å². The summed E-state index contributed by atoms with van der Waals surface area (Å²) in [4.78, 5) is 2.23. The van der Waals surface area contributed by atoms with Gasteiger partial charge in [-0.05, 0) is 19.1 Å². The lowest BCUT2D eigenvalue weighted by Crippen LogP contribution is -2.28. The Morgan fingerprint density at radius 1 is 1.29 bits per heavy atom. The van der Waals surface area contributed by atoms with Crippen LogP contribution in [-0.2, 0) is 9.47 Å². The van der Waals surface area contributed by atoms with E-state index >= 15 is 0 Å². The summed E-state index contributed by atoms with van der Waals surface area (Å²) in [6, 6.07) is 7.91. The lowest BCUT2D eigenvalue weighted by Gasteiger charge is -2.19. The highest BCUT2D eigenvalue weighted by Gasteiger charge is 2.33. The summed E-state index contributed by atoms with van der Waals surface area (Å²) < 4.78 is 11.2. The number of nitrogen functional groups attached to an aromatic ring is 1. The molecule has 1 fully saturated rings. The average molecular weight is 236 g/mol. The van der Waals surface area contributed by atoms with E-state index in [-0.39, 0.29) is 12.2 Å². The van der Waals surface area contributed by atoms with Crippen LogP contribution in [0.3, 0.4) is 0 Å². The van der Waals surface area contributed by atoms with Gasteiger partial charge in [0.2, 0.25) is 0 Å². The number of benzene rings is 1. The maximum Gasteiger partial charge on any atom is 0.103 e. The van der Waals surface area contributed by atoms with Gasteiger partial charge in [-0.1, -0.05) is 12.1 Å². The fourth-order valence-corrected chi connectivity index (χ4v) is 2.32.